The molecule has 2 rings (SSSR count). The van der Waals surface area contributed by atoms with Gasteiger partial charge in [0, 0.05) is 25.6 Å². The lowest BCUT2D eigenvalue weighted by atomic mass is 10.1. The lowest BCUT2D eigenvalue weighted by molar-refractivity contribution is 0.298. The Morgan fingerprint density at radius 1 is 1.33 bits per heavy atom. The van der Waals surface area contributed by atoms with Crippen molar-refractivity contribution in [1.29, 1.82) is 0 Å². The summed E-state index contributed by atoms with van der Waals surface area (Å²) in [5.41, 5.74) is 1.98. The molecule has 2 aromatic heterocycles. The van der Waals surface area contributed by atoms with Crippen molar-refractivity contribution < 1.29 is 4.52 Å². The topological polar surface area (TPSA) is 60.0 Å². The van der Waals surface area contributed by atoms with Crippen LogP contribution >= 0.6 is 11.6 Å². The van der Waals surface area contributed by atoms with Crippen LogP contribution in [0.2, 0.25) is 5.15 Å². The lowest BCUT2D eigenvalue weighted by Gasteiger charge is -2.14. The van der Waals surface area contributed by atoms with Gasteiger partial charge in [-0.05, 0) is 19.9 Å². The second kappa shape index (κ2) is 6.58. The van der Waals surface area contributed by atoms with Crippen molar-refractivity contribution in [2.24, 2.45) is 13.0 Å². The van der Waals surface area contributed by atoms with Gasteiger partial charge in [0.1, 0.15) is 5.15 Å². The highest BCUT2D eigenvalue weighted by Crippen LogP contribution is 2.20. The Hall–Kier alpha value is -1.40. The molecule has 0 atom stereocenters. The van der Waals surface area contributed by atoms with Crippen molar-refractivity contribution in [3.8, 4) is 0 Å². The third kappa shape index (κ3) is 4.04. The van der Waals surface area contributed by atoms with Gasteiger partial charge in [0.05, 0.1) is 12.2 Å². The average molecular weight is 312 g/mol. The van der Waals surface area contributed by atoms with E-state index in [1.807, 2.05) is 21.0 Å². The Labute approximate surface area is 130 Å². The minimum atomic E-state index is 0.507. The quantitative estimate of drug-likeness (QED) is 0.820. The second-order valence-corrected chi connectivity index (χ2v) is 6.21. The summed E-state index contributed by atoms with van der Waals surface area (Å²) in [5.74, 6) is 1.91. The van der Waals surface area contributed by atoms with Crippen molar-refractivity contribution in [1.82, 2.24) is 24.8 Å². The SMILES string of the molecule is Cc1nn(C)c(Cl)c1CN(C)Cc1noc(CC(C)C)n1. The van der Waals surface area contributed by atoms with Crippen LogP contribution in [0.1, 0.15) is 36.8 Å². The summed E-state index contributed by atoms with van der Waals surface area (Å²) in [6.45, 7) is 7.54. The third-order valence-electron chi connectivity index (χ3n) is 3.20. The lowest BCUT2D eigenvalue weighted by Crippen LogP contribution is -2.18. The largest absolute Gasteiger partial charge is 0.339 e. The van der Waals surface area contributed by atoms with Gasteiger partial charge in [-0.1, -0.05) is 30.6 Å². The van der Waals surface area contributed by atoms with Gasteiger partial charge in [0.25, 0.3) is 0 Å². The summed E-state index contributed by atoms with van der Waals surface area (Å²) in [6.07, 6.45) is 0.810. The molecule has 0 bridgehead atoms. The predicted molar refractivity (Wildman–Crippen MR) is 81.0 cm³/mol. The Bertz CT molecular complexity index is 605. The highest BCUT2D eigenvalue weighted by Gasteiger charge is 2.15. The Morgan fingerprint density at radius 2 is 2.05 bits per heavy atom. The molecule has 2 aromatic rings. The van der Waals surface area contributed by atoms with Crippen LogP contribution in [-0.4, -0.2) is 31.9 Å². The number of nitrogens with zero attached hydrogens (tertiary/aromatic N) is 5. The van der Waals surface area contributed by atoms with E-state index in [0.29, 0.717) is 35.9 Å². The third-order valence-corrected chi connectivity index (χ3v) is 3.68. The molecule has 6 nitrogen and oxygen atoms in total. The summed E-state index contributed by atoms with van der Waals surface area (Å²) in [7, 11) is 3.84. The standard InChI is InChI=1S/C14H22ClN5O/c1-9(2)6-13-16-12(18-21-13)8-19(4)7-11-10(3)17-20(5)14(11)15/h9H,6-8H2,1-5H3. The zero-order valence-electron chi connectivity index (χ0n) is 13.2. The van der Waals surface area contributed by atoms with Crippen molar-refractivity contribution in [2.45, 2.75) is 40.3 Å². The second-order valence-electron chi connectivity index (χ2n) is 5.85. The molecule has 0 saturated carbocycles. The van der Waals surface area contributed by atoms with Gasteiger partial charge in [0.2, 0.25) is 5.89 Å². The maximum Gasteiger partial charge on any atom is 0.226 e. The fourth-order valence-electron chi connectivity index (χ4n) is 2.21. The fourth-order valence-corrected chi connectivity index (χ4v) is 2.44. The number of hydrogen-bond donors (Lipinski definition) is 0. The van der Waals surface area contributed by atoms with Gasteiger partial charge < -0.3 is 4.52 Å². The Morgan fingerprint density at radius 3 is 2.62 bits per heavy atom. The average Bonchev–Trinajstić information content (AvgIpc) is 2.89. The van der Waals surface area contributed by atoms with Gasteiger partial charge in [-0.15, -0.1) is 0 Å². The number of rotatable bonds is 6. The minimum absolute atomic E-state index is 0.507. The van der Waals surface area contributed by atoms with Crippen LogP contribution in [0.5, 0.6) is 0 Å². The van der Waals surface area contributed by atoms with E-state index in [0.717, 1.165) is 17.7 Å². The van der Waals surface area contributed by atoms with Crippen molar-refractivity contribution in [3.63, 3.8) is 0 Å². The van der Waals surface area contributed by atoms with Crippen LogP contribution < -0.4 is 0 Å². The first kappa shape index (κ1) is 16.0. The molecule has 0 aliphatic carbocycles. The molecule has 0 amide bonds. The van der Waals surface area contributed by atoms with Crippen LogP contribution in [0.15, 0.2) is 4.52 Å². The van der Waals surface area contributed by atoms with Crippen molar-refractivity contribution >= 4 is 11.6 Å². The maximum absolute atomic E-state index is 6.25. The molecule has 116 valence electrons. The highest BCUT2D eigenvalue weighted by atomic mass is 35.5. The van der Waals surface area contributed by atoms with Crippen molar-refractivity contribution in [2.75, 3.05) is 7.05 Å². The zero-order chi connectivity index (χ0) is 15.6. The molecule has 0 spiro atoms. The first-order valence-electron chi connectivity index (χ1n) is 7.04. The van der Waals surface area contributed by atoms with E-state index in [4.69, 9.17) is 16.1 Å². The summed E-state index contributed by atoms with van der Waals surface area (Å²) < 4.78 is 6.94. The van der Waals surface area contributed by atoms with Crippen molar-refractivity contribution in [3.05, 3.63) is 28.1 Å². The first-order chi connectivity index (χ1) is 9.86. The van der Waals surface area contributed by atoms with Gasteiger partial charge >= 0.3 is 0 Å². The molecule has 0 unspecified atom stereocenters. The smallest absolute Gasteiger partial charge is 0.226 e. The molecule has 0 fully saturated rings. The summed E-state index contributed by atoms with van der Waals surface area (Å²) >= 11 is 6.25. The van der Waals surface area contributed by atoms with Gasteiger partial charge in [0.15, 0.2) is 5.82 Å². The Balaban J connectivity index is 1.98. The molecule has 0 aromatic carbocycles. The van der Waals surface area contributed by atoms with E-state index in [9.17, 15) is 0 Å². The molecular formula is C14H22ClN5O. The number of aryl methyl sites for hydroxylation is 2. The van der Waals surface area contributed by atoms with E-state index < -0.39 is 0 Å². The summed E-state index contributed by atoms with van der Waals surface area (Å²) in [5, 5.41) is 9.01. The zero-order valence-corrected chi connectivity index (χ0v) is 14.0. The summed E-state index contributed by atoms with van der Waals surface area (Å²) in [4.78, 5) is 6.51. The number of hydrogen-bond acceptors (Lipinski definition) is 5. The molecule has 0 N–H and O–H groups in total. The monoisotopic (exact) mass is 311 g/mol. The van der Waals surface area contributed by atoms with Gasteiger partial charge in [-0.3, -0.25) is 9.58 Å². The molecule has 0 saturated heterocycles. The van der Waals surface area contributed by atoms with Gasteiger partial charge in [-0.25, -0.2) is 0 Å². The van der Waals surface area contributed by atoms with Crippen LogP contribution in [0.25, 0.3) is 0 Å². The fraction of sp³-hybridized carbons (Fsp3) is 0.643. The normalized spacial score (nSPS) is 11.8. The number of halogens is 1. The van der Waals surface area contributed by atoms with E-state index >= 15 is 0 Å². The Kier molecular flexibility index (Phi) is 5.00. The highest BCUT2D eigenvalue weighted by molar-refractivity contribution is 6.30. The molecule has 0 radical (unpaired) electrons. The van der Waals surface area contributed by atoms with Crippen LogP contribution in [0, 0.1) is 12.8 Å². The van der Waals surface area contributed by atoms with Crippen LogP contribution in [0.4, 0.5) is 0 Å². The van der Waals surface area contributed by atoms with E-state index in [1.54, 1.807) is 4.68 Å². The minimum Gasteiger partial charge on any atom is -0.339 e. The predicted octanol–water partition coefficient (Wildman–Crippen LogP) is 2.60. The molecule has 7 heteroatoms. The molecule has 21 heavy (non-hydrogen) atoms. The van der Waals surface area contributed by atoms with Gasteiger partial charge in [-0.2, -0.15) is 10.1 Å². The van der Waals surface area contributed by atoms with E-state index in [-0.39, 0.29) is 0 Å². The molecule has 2 heterocycles. The summed E-state index contributed by atoms with van der Waals surface area (Å²) in [6, 6.07) is 0. The maximum atomic E-state index is 6.25. The first-order valence-corrected chi connectivity index (χ1v) is 7.42. The molecule has 0 aliphatic heterocycles. The molecule has 0 aliphatic rings. The molecular weight excluding hydrogens is 290 g/mol. The van der Waals surface area contributed by atoms with E-state index in [2.05, 4.69) is 34.0 Å². The van der Waals surface area contributed by atoms with E-state index in [1.165, 1.54) is 0 Å². The van der Waals surface area contributed by atoms with Crippen LogP contribution in [-0.2, 0) is 26.6 Å². The number of aromatic nitrogens is 4. The van der Waals surface area contributed by atoms with Crippen LogP contribution in [0.3, 0.4) is 0 Å².